The molecule has 4 nitrogen and oxygen atoms in total. The molecule has 8 heteroatoms. The van der Waals surface area contributed by atoms with E-state index in [1.165, 1.54) is 24.3 Å². The molecule has 1 atom stereocenters. The Morgan fingerprint density at radius 2 is 1.79 bits per heavy atom. The predicted octanol–water partition coefficient (Wildman–Crippen LogP) is 2.37. The maximum absolute atomic E-state index is 12.1. The van der Waals surface area contributed by atoms with Crippen molar-refractivity contribution in [3.8, 4) is 0 Å². The number of carbonyl (C=O) groups is 2. The van der Waals surface area contributed by atoms with E-state index in [0.29, 0.717) is 5.69 Å². The molecule has 0 aliphatic rings. The first-order valence-electron chi connectivity index (χ1n) is 5.14. The normalized spacial score (nSPS) is 12.8. The number of carbonyl (C=O) groups excluding carboxylic acids is 2. The number of amides is 2. The molecular formula is C11H11F3N2O2S. The zero-order valence-electron chi connectivity index (χ0n) is 9.82. The predicted molar refractivity (Wildman–Crippen MR) is 66.7 cm³/mol. The quantitative estimate of drug-likeness (QED) is 0.895. The zero-order valence-corrected chi connectivity index (χ0v) is 10.6. The van der Waals surface area contributed by atoms with Crippen LogP contribution < -0.4 is 11.1 Å². The molecule has 1 unspecified atom stereocenters. The van der Waals surface area contributed by atoms with E-state index in [2.05, 4.69) is 5.32 Å². The van der Waals surface area contributed by atoms with Crippen molar-refractivity contribution >= 4 is 29.3 Å². The molecule has 19 heavy (non-hydrogen) atoms. The Hall–Kier alpha value is -1.70. The molecule has 104 valence electrons. The average Bonchev–Trinajstić information content (AvgIpc) is 2.27. The van der Waals surface area contributed by atoms with Crippen LogP contribution in [0.2, 0.25) is 0 Å². The fourth-order valence-electron chi connectivity index (χ4n) is 1.22. The minimum Gasteiger partial charge on any atom is -0.366 e. The maximum Gasteiger partial charge on any atom is 0.442 e. The lowest BCUT2D eigenvalue weighted by atomic mass is 10.2. The molecule has 0 aliphatic heterocycles. The minimum absolute atomic E-state index is 0.246. The summed E-state index contributed by atoms with van der Waals surface area (Å²) in [6, 6.07) is 5.53. The summed E-state index contributed by atoms with van der Waals surface area (Å²) in [6.07, 6.45) is 0. The Bertz CT molecular complexity index is 474. The van der Waals surface area contributed by atoms with Gasteiger partial charge in [0.05, 0.1) is 5.25 Å². The lowest BCUT2D eigenvalue weighted by Crippen LogP contribution is -2.25. The summed E-state index contributed by atoms with van der Waals surface area (Å²) in [5.41, 5.74) is 1.10. The number of rotatable bonds is 4. The standard InChI is InChI=1S/C11H11F3N2O2S/c1-6(19-11(12,13)14)10(18)16-8-4-2-7(3-5-8)9(15)17/h2-6H,1H3,(H2,15,17)(H,16,18). The molecule has 0 aliphatic carbocycles. The molecule has 1 aromatic rings. The van der Waals surface area contributed by atoms with Crippen LogP contribution in [-0.2, 0) is 4.79 Å². The number of anilines is 1. The van der Waals surface area contributed by atoms with Gasteiger partial charge in [0.1, 0.15) is 0 Å². The smallest absolute Gasteiger partial charge is 0.366 e. The van der Waals surface area contributed by atoms with E-state index in [1.54, 1.807) is 0 Å². The highest BCUT2D eigenvalue weighted by Gasteiger charge is 2.34. The maximum atomic E-state index is 12.1. The molecule has 3 N–H and O–H groups in total. The van der Waals surface area contributed by atoms with E-state index in [-0.39, 0.29) is 5.56 Å². The lowest BCUT2D eigenvalue weighted by Gasteiger charge is -2.13. The van der Waals surface area contributed by atoms with Crippen molar-refractivity contribution in [2.45, 2.75) is 17.7 Å². The van der Waals surface area contributed by atoms with Gasteiger partial charge in [0.2, 0.25) is 11.8 Å². The summed E-state index contributed by atoms with van der Waals surface area (Å²) < 4.78 is 36.2. The summed E-state index contributed by atoms with van der Waals surface area (Å²) >= 11 is -0.394. The van der Waals surface area contributed by atoms with E-state index in [9.17, 15) is 22.8 Å². The number of alkyl halides is 3. The van der Waals surface area contributed by atoms with Gasteiger partial charge in [-0.3, -0.25) is 9.59 Å². The topological polar surface area (TPSA) is 72.2 Å². The average molecular weight is 292 g/mol. The van der Waals surface area contributed by atoms with Crippen LogP contribution in [0.5, 0.6) is 0 Å². The van der Waals surface area contributed by atoms with Crippen LogP contribution in [0.25, 0.3) is 0 Å². The van der Waals surface area contributed by atoms with Crippen molar-refractivity contribution in [1.29, 1.82) is 0 Å². The number of benzene rings is 1. The van der Waals surface area contributed by atoms with Gasteiger partial charge >= 0.3 is 5.51 Å². The van der Waals surface area contributed by atoms with Crippen molar-refractivity contribution in [2.24, 2.45) is 5.73 Å². The third kappa shape index (κ3) is 5.21. The van der Waals surface area contributed by atoms with Gasteiger partial charge in [0.25, 0.3) is 0 Å². The van der Waals surface area contributed by atoms with Crippen molar-refractivity contribution in [3.63, 3.8) is 0 Å². The summed E-state index contributed by atoms with van der Waals surface area (Å²) in [5, 5.41) is 1.05. The second-order valence-electron chi connectivity index (χ2n) is 3.64. The molecule has 0 saturated heterocycles. The van der Waals surface area contributed by atoms with Gasteiger partial charge in [-0.2, -0.15) is 13.2 Å². The van der Waals surface area contributed by atoms with Crippen LogP contribution >= 0.6 is 11.8 Å². The minimum atomic E-state index is -4.47. The van der Waals surface area contributed by atoms with Gasteiger partial charge in [-0.15, -0.1) is 0 Å². The van der Waals surface area contributed by atoms with Crippen molar-refractivity contribution in [3.05, 3.63) is 29.8 Å². The molecule has 0 saturated carbocycles. The molecule has 0 fully saturated rings. The Morgan fingerprint density at radius 3 is 2.21 bits per heavy atom. The number of nitrogens with two attached hydrogens (primary N) is 1. The number of nitrogens with one attached hydrogen (secondary N) is 1. The van der Waals surface area contributed by atoms with Crippen LogP contribution in [0.15, 0.2) is 24.3 Å². The van der Waals surface area contributed by atoms with Crippen LogP contribution in [0, 0.1) is 0 Å². The Labute approximate surface area is 111 Å². The molecule has 2 amide bonds. The summed E-state index contributed by atoms with van der Waals surface area (Å²) in [5.74, 6) is -1.40. The lowest BCUT2D eigenvalue weighted by molar-refractivity contribution is -0.115. The third-order valence-electron chi connectivity index (χ3n) is 2.12. The van der Waals surface area contributed by atoms with Crippen LogP contribution in [-0.4, -0.2) is 22.6 Å². The van der Waals surface area contributed by atoms with Gasteiger partial charge in [0.15, 0.2) is 0 Å². The highest BCUT2D eigenvalue weighted by molar-refractivity contribution is 8.01. The van der Waals surface area contributed by atoms with Gasteiger partial charge in [-0.25, -0.2) is 0 Å². The van der Waals surface area contributed by atoms with Crippen LogP contribution in [0.4, 0.5) is 18.9 Å². The largest absolute Gasteiger partial charge is 0.442 e. The SMILES string of the molecule is CC(SC(F)(F)F)C(=O)Nc1ccc(C(N)=O)cc1. The fraction of sp³-hybridized carbons (Fsp3) is 0.273. The molecule has 0 radical (unpaired) electrons. The number of primary amides is 1. The molecule has 0 spiro atoms. The first-order valence-corrected chi connectivity index (χ1v) is 6.02. The van der Waals surface area contributed by atoms with E-state index < -0.39 is 34.3 Å². The Kier molecular flexibility index (Phi) is 4.82. The van der Waals surface area contributed by atoms with E-state index in [1.807, 2.05) is 0 Å². The van der Waals surface area contributed by atoms with Crippen LogP contribution in [0.3, 0.4) is 0 Å². The van der Waals surface area contributed by atoms with E-state index in [0.717, 1.165) is 6.92 Å². The van der Waals surface area contributed by atoms with E-state index in [4.69, 9.17) is 5.73 Å². The van der Waals surface area contributed by atoms with Gasteiger partial charge in [-0.1, -0.05) is 0 Å². The summed E-state index contributed by atoms with van der Waals surface area (Å²) in [4.78, 5) is 22.3. The van der Waals surface area contributed by atoms with Crippen molar-refractivity contribution in [2.75, 3.05) is 5.32 Å². The third-order valence-corrected chi connectivity index (χ3v) is 2.95. The van der Waals surface area contributed by atoms with Crippen molar-refractivity contribution in [1.82, 2.24) is 0 Å². The zero-order chi connectivity index (χ0) is 14.6. The molecule has 1 aromatic carbocycles. The molecule has 0 bridgehead atoms. The number of hydrogen-bond donors (Lipinski definition) is 2. The molecule has 1 rings (SSSR count). The number of thioether (sulfide) groups is 1. The summed E-state index contributed by atoms with van der Waals surface area (Å²) in [7, 11) is 0. The highest BCUT2D eigenvalue weighted by atomic mass is 32.2. The van der Waals surface area contributed by atoms with Gasteiger partial charge < -0.3 is 11.1 Å². The fourth-order valence-corrected chi connectivity index (χ4v) is 1.78. The number of halogens is 3. The first-order chi connectivity index (χ1) is 8.69. The second kappa shape index (κ2) is 5.96. The second-order valence-corrected chi connectivity index (χ2v) is 5.04. The molecular weight excluding hydrogens is 281 g/mol. The Balaban J connectivity index is 2.64. The van der Waals surface area contributed by atoms with Crippen molar-refractivity contribution < 1.29 is 22.8 Å². The highest BCUT2D eigenvalue weighted by Crippen LogP contribution is 2.34. The van der Waals surface area contributed by atoms with E-state index >= 15 is 0 Å². The molecule has 0 heterocycles. The van der Waals surface area contributed by atoms with Gasteiger partial charge in [0, 0.05) is 11.3 Å². The van der Waals surface area contributed by atoms with Crippen LogP contribution in [0.1, 0.15) is 17.3 Å². The molecule has 0 aromatic heterocycles. The van der Waals surface area contributed by atoms with Gasteiger partial charge in [-0.05, 0) is 43.0 Å². The monoisotopic (exact) mass is 292 g/mol. The Morgan fingerprint density at radius 1 is 1.26 bits per heavy atom. The first kappa shape index (κ1) is 15.4. The number of hydrogen-bond acceptors (Lipinski definition) is 3. The summed E-state index contributed by atoms with van der Waals surface area (Å²) in [6.45, 7) is 1.16.